The number of aromatic nitrogens is 2. The fourth-order valence-electron chi connectivity index (χ4n) is 2.78. The van der Waals surface area contributed by atoms with E-state index in [1.54, 1.807) is 16.8 Å². The van der Waals surface area contributed by atoms with Crippen LogP contribution >= 0.6 is 0 Å². The van der Waals surface area contributed by atoms with Crippen molar-refractivity contribution in [2.45, 2.75) is 19.5 Å². The van der Waals surface area contributed by atoms with Crippen molar-refractivity contribution in [3.63, 3.8) is 0 Å². The number of carbonyl (C=O) groups excluding carboxylic acids is 1. The molecule has 0 unspecified atom stereocenters. The molecule has 1 aromatic heterocycles. The van der Waals surface area contributed by atoms with Gasteiger partial charge in [-0.25, -0.2) is 4.39 Å². The number of nitrogens with zero attached hydrogens (tertiary/aromatic N) is 3. The first-order valence-corrected chi connectivity index (χ1v) is 7.18. The Hall–Kier alpha value is -2.21. The first kappa shape index (κ1) is 14.7. The smallest absolute Gasteiger partial charge is 0.327 e. The molecule has 0 amide bonds. The monoisotopic (exact) mass is 303 g/mol. The molecule has 3 rings (SSSR count). The Bertz CT molecular complexity index is 694. The summed E-state index contributed by atoms with van der Waals surface area (Å²) in [7, 11) is 3.42. The normalized spacial score (nSPS) is 14.7. The summed E-state index contributed by atoms with van der Waals surface area (Å²) in [6.07, 6.45) is 0.830. The Balaban J connectivity index is 2.05. The van der Waals surface area contributed by atoms with Crippen LogP contribution in [0, 0.1) is 5.82 Å². The van der Waals surface area contributed by atoms with Crippen LogP contribution in [0.1, 0.15) is 11.3 Å². The van der Waals surface area contributed by atoms with Crippen molar-refractivity contribution >= 4 is 5.97 Å². The molecule has 1 aliphatic heterocycles. The minimum absolute atomic E-state index is 0.101. The molecule has 0 N–H and O–H groups in total. The summed E-state index contributed by atoms with van der Waals surface area (Å²) in [6, 6.07) is 6.28. The number of hydrogen-bond acceptors (Lipinski definition) is 4. The summed E-state index contributed by atoms with van der Waals surface area (Å²) in [5.74, 6) is -0.599. The average Bonchev–Trinajstić information content (AvgIpc) is 2.85. The molecule has 2 heterocycles. The number of benzene rings is 1. The number of likely N-dealkylation sites (N-methyl/N-ethyl adjacent to an activating group) is 1. The first-order valence-electron chi connectivity index (χ1n) is 7.18. The molecular weight excluding hydrogens is 285 g/mol. The molecule has 0 saturated heterocycles. The molecule has 6 heteroatoms. The molecule has 0 atom stereocenters. The van der Waals surface area contributed by atoms with Crippen molar-refractivity contribution in [3.8, 4) is 11.3 Å². The van der Waals surface area contributed by atoms with E-state index in [0.29, 0.717) is 0 Å². The van der Waals surface area contributed by atoms with E-state index >= 15 is 0 Å². The van der Waals surface area contributed by atoms with Crippen LogP contribution in [0.5, 0.6) is 0 Å². The molecule has 0 spiro atoms. The Labute approximate surface area is 128 Å². The van der Waals surface area contributed by atoms with E-state index in [4.69, 9.17) is 4.74 Å². The number of carbonyl (C=O) groups is 1. The highest BCUT2D eigenvalue weighted by Crippen LogP contribution is 2.29. The van der Waals surface area contributed by atoms with E-state index in [1.807, 2.05) is 0 Å². The van der Waals surface area contributed by atoms with E-state index in [1.165, 1.54) is 19.2 Å². The number of fused-ring (bicyclic) bond motifs is 1. The van der Waals surface area contributed by atoms with Gasteiger partial charge >= 0.3 is 5.97 Å². The molecule has 2 aromatic rings. The Morgan fingerprint density at radius 1 is 1.36 bits per heavy atom. The van der Waals surface area contributed by atoms with Gasteiger partial charge in [-0.3, -0.25) is 9.48 Å². The highest BCUT2D eigenvalue weighted by atomic mass is 19.1. The zero-order valence-electron chi connectivity index (χ0n) is 12.7. The molecule has 0 fully saturated rings. The molecule has 1 aromatic carbocycles. The lowest BCUT2D eigenvalue weighted by Gasteiger charge is -2.23. The Morgan fingerprint density at radius 3 is 2.77 bits per heavy atom. The number of methoxy groups -OCH3 is 1. The van der Waals surface area contributed by atoms with Crippen molar-refractivity contribution in [2.75, 3.05) is 20.7 Å². The predicted octanol–water partition coefficient (Wildman–Crippen LogP) is 1.85. The second kappa shape index (κ2) is 5.88. The van der Waals surface area contributed by atoms with Crippen LogP contribution in [-0.2, 0) is 29.0 Å². The van der Waals surface area contributed by atoms with Gasteiger partial charge in [0.15, 0.2) is 0 Å². The molecule has 0 radical (unpaired) electrons. The van der Waals surface area contributed by atoms with Crippen LogP contribution in [-0.4, -0.2) is 41.4 Å². The Kier molecular flexibility index (Phi) is 3.94. The molecule has 0 bridgehead atoms. The molecule has 0 saturated carbocycles. The summed E-state index contributed by atoms with van der Waals surface area (Å²) >= 11 is 0. The van der Waals surface area contributed by atoms with Gasteiger partial charge in [0, 0.05) is 36.3 Å². The molecule has 1 aliphatic rings. The lowest BCUT2D eigenvalue weighted by Crippen LogP contribution is -2.28. The standard InChI is InChI=1S/C16H18FN3O2/c1-19-8-7-14-13(9-19)16(11-3-5-12(17)6-4-11)18-20(14)10-15(21)22-2/h3-6H,7-10H2,1-2H3. The Morgan fingerprint density at radius 2 is 2.09 bits per heavy atom. The van der Waals surface area contributed by atoms with Gasteiger partial charge < -0.3 is 9.64 Å². The van der Waals surface area contributed by atoms with Gasteiger partial charge in [-0.2, -0.15) is 5.10 Å². The largest absolute Gasteiger partial charge is 0.468 e. The minimum Gasteiger partial charge on any atom is -0.468 e. The van der Waals surface area contributed by atoms with Gasteiger partial charge in [-0.15, -0.1) is 0 Å². The maximum atomic E-state index is 13.1. The van der Waals surface area contributed by atoms with Crippen LogP contribution in [0.4, 0.5) is 4.39 Å². The lowest BCUT2D eigenvalue weighted by atomic mass is 10.0. The maximum absolute atomic E-state index is 13.1. The van der Waals surface area contributed by atoms with Gasteiger partial charge in [-0.1, -0.05) is 0 Å². The summed E-state index contributed by atoms with van der Waals surface area (Å²) < 4.78 is 19.6. The quantitative estimate of drug-likeness (QED) is 0.812. The molecule has 0 aliphatic carbocycles. The summed E-state index contributed by atoms with van der Waals surface area (Å²) in [6.45, 7) is 1.79. The summed E-state index contributed by atoms with van der Waals surface area (Å²) in [5.41, 5.74) is 3.83. The molecule has 22 heavy (non-hydrogen) atoms. The lowest BCUT2D eigenvalue weighted by molar-refractivity contribution is -0.141. The molecular formula is C16H18FN3O2. The van der Waals surface area contributed by atoms with E-state index in [0.717, 1.165) is 42.0 Å². The van der Waals surface area contributed by atoms with Gasteiger partial charge in [0.2, 0.25) is 0 Å². The van der Waals surface area contributed by atoms with Crippen LogP contribution < -0.4 is 0 Å². The van der Waals surface area contributed by atoms with Gasteiger partial charge in [0.05, 0.1) is 12.8 Å². The summed E-state index contributed by atoms with van der Waals surface area (Å²) in [4.78, 5) is 13.8. The molecule has 5 nitrogen and oxygen atoms in total. The topological polar surface area (TPSA) is 47.4 Å². The third-order valence-electron chi connectivity index (χ3n) is 3.95. The van der Waals surface area contributed by atoms with Crippen molar-refractivity contribution < 1.29 is 13.9 Å². The third-order valence-corrected chi connectivity index (χ3v) is 3.95. The van der Waals surface area contributed by atoms with E-state index < -0.39 is 0 Å². The van der Waals surface area contributed by atoms with Crippen LogP contribution in [0.2, 0.25) is 0 Å². The molecule has 116 valence electrons. The van der Waals surface area contributed by atoms with Gasteiger partial charge in [-0.05, 0) is 31.3 Å². The predicted molar refractivity (Wildman–Crippen MR) is 79.7 cm³/mol. The number of esters is 1. The summed E-state index contributed by atoms with van der Waals surface area (Å²) in [5, 5.41) is 4.58. The number of rotatable bonds is 3. The fourth-order valence-corrected chi connectivity index (χ4v) is 2.78. The highest BCUT2D eigenvalue weighted by molar-refractivity contribution is 5.70. The minimum atomic E-state index is -0.324. The van der Waals surface area contributed by atoms with Crippen molar-refractivity contribution in [1.29, 1.82) is 0 Å². The van der Waals surface area contributed by atoms with Gasteiger partial charge in [0.1, 0.15) is 12.4 Å². The number of halogens is 1. The zero-order chi connectivity index (χ0) is 15.7. The van der Waals surface area contributed by atoms with Crippen LogP contribution in [0.3, 0.4) is 0 Å². The average molecular weight is 303 g/mol. The van der Waals surface area contributed by atoms with E-state index in [9.17, 15) is 9.18 Å². The van der Waals surface area contributed by atoms with E-state index in [2.05, 4.69) is 17.0 Å². The van der Waals surface area contributed by atoms with Crippen molar-refractivity contribution in [1.82, 2.24) is 14.7 Å². The zero-order valence-corrected chi connectivity index (χ0v) is 12.7. The highest BCUT2D eigenvalue weighted by Gasteiger charge is 2.25. The van der Waals surface area contributed by atoms with Crippen molar-refractivity contribution in [2.24, 2.45) is 0 Å². The van der Waals surface area contributed by atoms with Crippen LogP contribution in [0.25, 0.3) is 11.3 Å². The SMILES string of the molecule is COC(=O)Cn1nc(-c2ccc(F)cc2)c2c1CCN(C)C2. The maximum Gasteiger partial charge on any atom is 0.327 e. The number of hydrogen-bond donors (Lipinski definition) is 0. The fraction of sp³-hybridized carbons (Fsp3) is 0.375. The number of ether oxygens (including phenoxy) is 1. The first-order chi connectivity index (χ1) is 10.6. The van der Waals surface area contributed by atoms with E-state index in [-0.39, 0.29) is 18.3 Å². The second-order valence-corrected chi connectivity index (χ2v) is 5.50. The third kappa shape index (κ3) is 2.74. The van der Waals surface area contributed by atoms with Crippen LogP contribution in [0.15, 0.2) is 24.3 Å². The second-order valence-electron chi connectivity index (χ2n) is 5.50. The van der Waals surface area contributed by atoms with Crippen molar-refractivity contribution in [3.05, 3.63) is 41.3 Å². The van der Waals surface area contributed by atoms with Gasteiger partial charge in [0.25, 0.3) is 0 Å².